The van der Waals surface area contributed by atoms with Crippen molar-refractivity contribution in [3.63, 3.8) is 0 Å². The Labute approximate surface area is 172 Å². The predicted molar refractivity (Wildman–Crippen MR) is 113 cm³/mol. The molecule has 2 aromatic rings. The van der Waals surface area contributed by atoms with Gasteiger partial charge in [-0.25, -0.2) is 4.79 Å². The van der Waals surface area contributed by atoms with Crippen LogP contribution in [-0.2, 0) is 11.3 Å². The van der Waals surface area contributed by atoms with Crippen LogP contribution in [0, 0.1) is 6.92 Å². The molecule has 0 aliphatic carbocycles. The normalized spacial score (nSPS) is 11.4. The summed E-state index contributed by atoms with van der Waals surface area (Å²) in [5.74, 6) is 0.809. The highest BCUT2D eigenvalue weighted by molar-refractivity contribution is 6.01. The second kappa shape index (κ2) is 11.1. The summed E-state index contributed by atoms with van der Waals surface area (Å²) >= 11 is 0. The standard InChI is InChI=1S/C22H29N3O4/c1-5-28-19-12-11-18(13-20(19)29-6-2)23-22(27)24-21(26)15-25(4)14-17-10-8-7-9-16(17)3/h7-13H,5-6,14-15H2,1-4H3,(H2,23,24,26,27)/p+1. The van der Waals surface area contributed by atoms with Crippen molar-refractivity contribution < 1.29 is 24.0 Å². The van der Waals surface area contributed by atoms with Crippen molar-refractivity contribution in [2.45, 2.75) is 27.3 Å². The van der Waals surface area contributed by atoms with E-state index >= 15 is 0 Å². The average Bonchev–Trinajstić information content (AvgIpc) is 2.65. The average molecular weight is 400 g/mol. The third-order valence-electron chi connectivity index (χ3n) is 4.27. The van der Waals surface area contributed by atoms with Crippen LogP contribution in [0.3, 0.4) is 0 Å². The zero-order valence-electron chi connectivity index (χ0n) is 17.5. The van der Waals surface area contributed by atoms with Crippen molar-refractivity contribution in [1.82, 2.24) is 5.32 Å². The third kappa shape index (κ3) is 7.12. The molecule has 0 aromatic heterocycles. The summed E-state index contributed by atoms with van der Waals surface area (Å²) in [4.78, 5) is 25.4. The maximum atomic E-state index is 12.2. The van der Waals surface area contributed by atoms with Crippen molar-refractivity contribution in [1.29, 1.82) is 0 Å². The first-order valence-corrected chi connectivity index (χ1v) is 9.79. The molecule has 156 valence electrons. The maximum absolute atomic E-state index is 12.2. The summed E-state index contributed by atoms with van der Waals surface area (Å²) in [5, 5.41) is 5.03. The lowest BCUT2D eigenvalue weighted by molar-refractivity contribution is -0.885. The van der Waals surface area contributed by atoms with Crippen molar-refractivity contribution in [2.24, 2.45) is 0 Å². The lowest BCUT2D eigenvalue weighted by Crippen LogP contribution is -3.09. The molecule has 0 spiro atoms. The van der Waals surface area contributed by atoms with Crippen LogP contribution >= 0.6 is 0 Å². The molecule has 0 saturated carbocycles. The van der Waals surface area contributed by atoms with E-state index in [4.69, 9.17) is 9.47 Å². The van der Waals surface area contributed by atoms with Crippen LogP contribution in [0.5, 0.6) is 11.5 Å². The molecule has 3 N–H and O–H groups in total. The first-order chi connectivity index (χ1) is 13.9. The lowest BCUT2D eigenvalue weighted by atomic mass is 10.1. The van der Waals surface area contributed by atoms with Crippen LogP contribution in [0.1, 0.15) is 25.0 Å². The largest absolute Gasteiger partial charge is 0.490 e. The van der Waals surface area contributed by atoms with E-state index in [9.17, 15) is 9.59 Å². The van der Waals surface area contributed by atoms with Gasteiger partial charge >= 0.3 is 6.03 Å². The molecule has 1 atom stereocenters. The number of amides is 3. The Hall–Kier alpha value is -3.06. The van der Waals surface area contributed by atoms with E-state index < -0.39 is 6.03 Å². The number of quaternary nitrogens is 1. The van der Waals surface area contributed by atoms with Gasteiger partial charge < -0.3 is 19.7 Å². The van der Waals surface area contributed by atoms with Crippen LogP contribution in [0.15, 0.2) is 42.5 Å². The van der Waals surface area contributed by atoms with Gasteiger partial charge in [-0.3, -0.25) is 10.1 Å². The molecule has 7 heteroatoms. The molecule has 0 saturated heterocycles. The first kappa shape index (κ1) is 22.2. The van der Waals surface area contributed by atoms with Gasteiger partial charge in [-0.2, -0.15) is 0 Å². The molecule has 7 nitrogen and oxygen atoms in total. The van der Waals surface area contributed by atoms with Crippen LogP contribution in [-0.4, -0.2) is 38.7 Å². The molecular weight excluding hydrogens is 370 g/mol. The van der Waals surface area contributed by atoms with Crippen LogP contribution in [0.2, 0.25) is 0 Å². The van der Waals surface area contributed by atoms with Crippen molar-refractivity contribution in [2.75, 3.05) is 32.1 Å². The molecule has 2 rings (SSSR count). The highest BCUT2D eigenvalue weighted by atomic mass is 16.5. The Morgan fingerprint density at radius 2 is 1.69 bits per heavy atom. The molecule has 0 aliphatic heterocycles. The molecule has 29 heavy (non-hydrogen) atoms. The Kier molecular flexibility index (Phi) is 8.48. The number of hydrogen-bond donors (Lipinski definition) is 3. The quantitative estimate of drug-likeness (QED) is 0.603. The molecule has 3 amide bonds. The number of ether oxygens (including phenoxy) is 2. The summed E-state index contributed by atoms with van der Waals surface area (Å²) < 4.78 is 11.0. The number of carbonyl (C=O) groups is 2. The van der Waals surface area contributed by atoms with E-state index in [1.165, 1.54) is 11.1 Å². The Morgan fingerprint density at radius 1 is 1.00 bits per heavy atom. The minimum Gasteiger partial charge on any atom is -0.490 e. The van der Waals surface area contributed by atoms with Crippen LogP contribution < -0.4 is 25.0 Å². The Morgan fingerprint density at radius 3 is 2.38 bits per heavy atom. The molecule has 0 radical (unpaired) electrons. The Bertz CT molecular complexity index is 839. The van der Waals surface area contributed by atoms with Crippen LogP contribution in [0.25, 0.3) is 0 Å². The van der Waals surface area contributed by atoms with Gasteiger partial charge in [0.15, 0.2) is 18.0 Å². The first-order valence-electron chi connectivity index (χ1n) is 9.79. The van der Waals surface area contributed by atoms with Gasteiger partial charge in [-0.05, 0) is 38.5 Å². The molecule has 0 fully saturated rings. The fraction of sp³-hybridized carbons (Fsp3) is 0.364. The second-order valence-corrected chi connectivity index (χ2v) is 6.77. The number of anilines is 1. The molecule has 0 aliphatic rings. The number of rotatable bonds is 9. The summed E-state index contributed by atoms with van der Waals surface area (Å²) in [6.07, 6.45) is 0. The van der Waals surface area contributed by atoms with Gasteiger partial charge in [0.05, 0.1) is 20.3 Å². The number of carbonyl (C=O) groups excluding carboxylic acids is 2. The zero-order valence-corrected chi connectivity index (χ0v) is 17.5. The smallest absolute Gasteiger partial charge is 0.326 e. The highest BCUT2D eigenvalue weighted by Crippen LogP contribution is 2.30. The van der Waals surface area contributed by atoms with E-state index in [0.717, 1.165) is 4.90 Å². The molecule has 2 aromatic carbocycles. The van der Waals surface area contributed by atoms with Gasteiger partial charge in [0.2, 0.25) is 0 Å². The van der Waals surface area contributed by atoms with E-state index in [1.54, 1.807) is 18.2 Å². The van der Waals surface area contributed by atoms with E-state index in [1.807, 2.05) is 52.1 Å². The third-order valence-corrected chi connectivity index (χ3v) is 4.27. The minimum absolute atomic E-state index is 0.190. The summed E-state index contributed by atoms with van der Waals surface area (Å²) in [6.45, 7) is 7.69. The lowest BCUT2D eigenvalue weighted by Gasteiger charge is -2.15. The van der Waals surface area contributed by atoms with Gasteiger partial charge in [-0.1, -0.05) is 24.3 Å². The number of urea groups is 1. The molecule has 0 bridgehead atoms. The number of likely N-dealkylation sites (N-methyl/N-ethyl adjacent to an activating group) is 1. The van der Waals surface area contributed by atoms with E-state index in [0.29, 0.717) is 36.9 Å². The van der Waals surface area contributed by atoms with Gasteiger partial charge in [-0.15, -0.1) is 0 Å². The number of hydrogen-bond acceptors (Lipinski definition) is 4. The summed E-state index contributed by atoms with van der Waals surface area (Å²) in [7, 11) is 1.92. The van der Waals surface area contributed by atoms with Gasteiger partial charge in [0.1, 0.15) is 6.54 Å². The monoisotopic (exact) mass is 400 g/mol. The number of imide groups is 1. The van der Waals surface area contributed by atoms with Gasteiger partial charge in [0, 0.05) is 17.3 Å². The number of benzene rings is 2. The SMILES string of the molecule is CCOc1ccc(NC(=O)NC(=O)C[NH+](C)Cc2ccccc2C)cc1OCC. The predicted octanol–water partition coefficient (Wildman–Crippen LogP) is 2.16. The second-order valence-electron chi connectivity index (χ2n) is 6.77. The summed E-state index contributed by atoms with van der Waals surface area (Å²) in [6, 6.07) is 12.6. The van der Waals surface area contributed by atoms with Crippen LogP contribution in [0.4, 0.5) is 10.5 Å². The maximum Gasteiger partial charge on any atom is 0.326 e. The highest BCUT2D eigenvalue weighted by Gasteiger charge is 2.15. The van der Waals surface area contributed by atoms with Crippen molar-refractivity contribution in [3.05, 3.63) is 53.6 Å². The van der Waals surface area contributed by atoms with E-state index in [2.05, 4.69) is 10.6 Å². The fourth-order valence-electron chi connectivity index (χ4n) is 2.93. The van der Waals surface area contributed by atoms with E-state index in [-0.39, 0.29) is 12.5 Å². The Balaban J connectivity index is 1.88. The van der Waals surface area contributed by atoms with Crippen molar-refractivity contribution in [3.8, 4) is 11.5 Å². The summed E-state index contributed by atoms with van der Waals surface area (Å²) in [5.41, 5.74) is 2.88. The number of aryl methyl sites for hydroxylation is 1. The molecule has 0 heterocycles. The van der Waals surface area contributed by atoms with Gasteiger partial charge in [0.25, 0.3) is 5.91 Å². The zero-order chi connectivity index (χ0) is 21.2. The molecular formula is C22H30N3O4+. The fourth-order valence-corrected chi connectivity index (χ4v) is 2.93. The topological polar surface area (TPSA) is 81.1 Å². The van der Waals surface area contributed by atoms with Crippen molar-refractivity contribution >= 4 is 17.6 Å². The number of nitrogens with one attached hydrogen (secondary N) is 3. The minimum atomic E-state index is -0.578. The molecule has 1 unspecified atom stereocenters.